The summed E-state index contributed by atoms with van der Waals surface area (Å²) in [7, 11) is 0. The van der Waals surface area contributed by atoms with E-state index in [9.17, 15) is 0 Å². The van der Waals surface area contributed by atoms with E-state index in [2.05, 4.69) is 43.4 Å². The number of nitrogens with zero attached hydrogens (tertiary/aromatic N) is 4. The summed E-state index contributed by atoms with van der Waals surface area (Å²) in [6.07, 6.45) is 4.64. The number of anilines is 4. The highest BCUT2D eigenvalue weighted by molar-refractivity contribution is 8.02. The highest BCUT2D eigenvalue weighted by Crippen LogP contribution is 2.36. The maximum Gasteiger partial charge on any atom is 0.229 e. The van der Waals surface area contributed by atoms with Gasteiger partial charge in [0, 0.05) is 23.2 Å². The minimum Gasteiger partial charge on any atom is -0.339 e. The molecule has 0 saturated carbocycles. The summed E-state index contributed by atoms with van der Waals surface area (Å²) in [5.41, 5.74) is 4.32. The highest BCUT2D eigenvalue weighted by atomic mass is 32.2. The quantitative estimate of drug-likeness (QED) is 0.451. The Bertz CT molecular complexity index is 1270. The zero-order chi connectivity index (χ0) is 19.6. The van der Waals surface area contributed by atoms with Gasteiger partial charge in [0.05, 0.1) is 33.9 Å². The molecule has 2 aromatic heterocycles. The van der Waals surface area contributed by atoms with E-state index in [1.165, 1.54) is 0 Å². The molecule has 7 nitrogen and oxygen atoms in total. The van der Waals surface area contributed by atoms with Crippen LogP contribution in [-0.4, -0.2) is 20.2 Å². The molecule has 3 N–H and O–H groups in total. The molecule has 0 atom stereocenters. The predicted octanol–water partition coefficient (Wildman–Crippen LogP) is 4.87. The van der Waals surface area contributed by atoms with Crippen LogP contribution in [0.1, 0.15) is 11.3 Å². The van der Waals surface area contributed by atoms with E-state index in [1.54, 1.807) is 30.1 Å². The van der Waals surface area contributed by atoms with Crippen molar-refractivity contribution < 1.29 is 0 Å². The molecule has 1 aliphatic heterocycles. The number of thioether (sulfide) groups is 1. The summed E-state index contributed by atoms with van der Waals surface area (Å²) in [4.78, 5) is 10.4. The molecule has 0 aliphatic carbocycles. The lowest BCUT2D eigenvalue weighted by molar-refractivity contribution is 0.989. The Morgan fingerprint density at radius 1 is 1.03 bits per heavy atom. The van der Waals surface area contributed by atoms with Crippen molar-refractivity contribution in [3.63, 3.8) is 0 Å². The van der Waals surface area contributed by atoms with Crippen LogP contribution < -0.4 is 10.6 Å². The second kappa shape index (κ2) is 7.30. The van der Waals surface area contributed by atoms with E-state index in [-0.39, 0.29) is 0 Å². The predicted molar refractivity (Wildman–Crippen MR) is 115 cm³/mol. The van der Waals surface area contributed by atoms with Crippen molar-refractivity contribution in [2.24, 2.45) is 0 Å². The molecule has 29 heavy (non-hydrogen) atoms. The first kappa shape index (κ1) is 17.3. The number of H-pyrrole nitrogens is 1. The smallest absolute Gasteiger partial charge is 0.229 e. The Labute approximate surface area is 170 Å². The summed E-state index contributed by atoms with van der Waals surface area (Å²) in [6.45, 7) is 0. The molecule has 0 spiro atoms. The van der Waals surface area contributed by atoms with Gasteiger partial charge in [-0.05, 0) is 47.9 Å². The van der Waals surface area contributed by atoms with Crippen molar-refractivity contribution in [3.05, 3.63) is 71.4 Å². The van der Waals surface area contributed by atoms with Crippen molar-refractivity contribution in [2.75, 3.05) is 10.6 Å². The molecule has 0 saturated heterocycles. The third kappa shape index (κ3) is 3.51. The third-order valence-corrected chi connectivity index (χ3v) is 5.50. The van der Waals surface area contributed by atoms with Crippen LogP contribution in [0.15, 0.2) is 65.0 Å². The minimum atomic E-state index is 0.510. The monoisotopic (exact) mass is 397 g/mol. The molecule has 0 fully saturated rings. The highest BCUT2D eigenvalue weighted by Gasteiger charge is 2.17. The summed E-state index contributed by atoms with van der Waals surface area (Å²) in [5.74, 6) is 1.26. The molecule has 5 rings (SSSR count). The standard InChI is InChI=1S/C21H15N7S/c22-11-13-3-5-15(6-4-13)25-21-26-18-2-1-9-29-19(18)20(27-21)24-16-7-8-17-14(10-16)12-23-28-17/h1,3-10,12H,2H2,(H,23,28)(H2,24,25,26,27). The van der Waals surface area contributed by atoms with E-state index in [1.807, 2.05) is 30.3 Å². The number of allylic oxidation sites excluding steroid dienone is 1. The fourth-order valence-electron chi connectivity index (χ4n) is 3.09. The molecule has 0 unspecified atom stereocenters. The van der Waals surface area contributed by atoms with E-state index < -0.39 is 0 Å². The fraction of sp³-hybridized carbons (Fsp3) is 0.0476. The lowest BCUT2D eigenvalue weighted by Gasteiger charge is -2.17. The molecule has 0 bridgehead atoms. The second-order valence-electron chi connectivity index (χ2n) is 6.48. The largest absolute Gasteiger partial charge is 0.339 e. The van der Waals surface area contributed by atoms with Gasteiger partial charge < -0.3 is 10.6 Å². The average Bonchev–Trinajstić information content (AvgIpc) is 3.22. The third-order valence-electron chi connectivity index (χ3n) is 4.50. The fourth-order valence-corrected chi connectivity index (χ4v) is 3.89. The van der Waals surface area contributed by atoms with Gasteiger partial charge in [0.2, 0.25) is 5.95 Å². The van der Waals surface area contributed by atoms with Gasteiger partial charge in [-0.1, -0.05) is 17.8 Å². The number of hydrogen-bond acceptors (Lipinski definition) is 7. The number of fused-ring (bicyclic) bond motifs is 2. The number of aromatic amines is 1. The number of nitrogens with one attached hydrogen (secondary N) is 3. The van der Waals surface area contributed by atoms with Crippen molar-refractivity contribution >= 4 is 45.8 Å². The number of hydrogen-bond donors (Lipinski definition) is 3. The van der Waals surface area contributed by atoms with Crippen molar-refractivity contribution in [3.8, 4) is 6.07 Å². The van der Waals surface area contributed by atoms with Gasteiger partial charge in [0.1, 0.15) is 5.82 Å². The van der Waals surface area contributed by atoms with Crippen LogP contribution in [0.4, 0.5) is 23.1 Å². The van der Waals surface area contributed by atoms with Crippen LogP contribution >= 0.6 is 11.8 Å². The summed E-state index contributed by atoms with van der Waals surface area (Å²) < 4.78 is 0. The molecule has 4 aromatic rings. The van der Waals surface area contributed by atoms with E-state index in [4.69, 9.17) is 10.2 Å². The van der Waals surface area contributed by atoms with Gasteiger partial charge in [0.25, 0.3) is 0 Å². The van der Waals surface area contributed by atoms with Crippen molar-refractivity contribution in [2.45, 2.75) is 11.3 Å². The first-order valence-corrected chi connectivity index (χ1v) is 9.86. The summed E-state index contributed by atoms with van der Waals surface area (Å²) >= 11 is 1.61. The maximum absolute atomic E-state index is 8.96. The first-order chi connectivity index (χ1) is 14.3. The van der Waals surface area contributed by atoms with Gasteiger partial charge in [-0.25, -0.2) is 4.98 Å². The van der Waals surface area contributed by atoms with Crippen molar-refractivity contribution in [1.29, 1.82) is 5.26 Å². The van der Waals surface area contributed by atoms with Gasteiger partial charge in [-0.2, -0.15) is 15.3 Å². The Morgan fingerprint density at radius 3 is 2.76 bits per heavy atom. The van der Waals surface area contributed by atoms with Gasteiger partial charge in [0.15, 0.2) is 0 Å². The van der Waals surface area contributed by atoms with Crippen LogP contribution in [0.3, 0.4) is 0 Å². The SMILES string of the molecule is N#Cc1ccc(Nc2nc3c(c(Nc4ccc5[nH]ncc5c4)n2)SC=CC3)cc1. The number of rotatable bonds is 4. The van der Waals surface area contributed by atoms with Gasteiger partial charge in [-0.3, -0.25) is 5.10 Å². The number of nitriles is 1. The van der Waals surface area contributed by atoms with Crippen LogP contribution in [0.2, 0.25) is 0 Å². The molecule has 0 radical (unpaired) electrons. The molecule has 140 valence electrons. The van der Waals surface area contributed by atoms with Gasteiger partial charge >= 0.3 is 0 Å². The lowest BCUT2D eigenvalue weighted by Crippen LogP contribution is -2.07. The zero-order valence-electron chi connectivity index (χ0n) is 15.2. The molecule has 3 heterocycles. The molecule has 1 aliphatic rings. The van der Waals surface area contributed by atoms with Crippen LogP contribution in [0, 0.1) is 11.3 Å². The maximum atomic E-state index is 8.96. The molecule has 0 amide bonds. The molecular weight excluding hydrogens is 382 g/mol. The van der Waals surface area contributed by atoms with Crippen LogP contribution in [-0.2, 0) is 6.42 Å². The molecule has 8 heteroatoms. The topological polar surface area (TPSA) is 102 Å². The normalized spacial score (nSPS) is 12.4. The molecular formula is C21H15N7S. The van der Waals surface area contributed by atoms with E-state index in [0.717, 1.165) is 45.1 Å². The van der Waals surface area contributed by atoms with Crippen molar-refractivity contribution in [1.82, 2.24) is 20.2 Å². The molecule has 2 aromatic carbocycles. The van der Waals surface area contributed by atoms with Gasteiger partial charge in [-0.15, -0.1) is 0 Å². The summed E-state index contributed by atoms with van der Waals surface area (Å²) in [6, 6.07) is 15.3. The van der Waals surface area contributed by atoms with E-state index >= 15 is 0 Å². The minimum absolute atomic E-state index is 0.510. The Morgan fingerprint density at radius 2 is 1.90 bits per heavy atom. The Hall–Kier alpha value is -3.83. The van der Waals surface area contributed by atoms with Crippen LogP contribution in [0.5, 0.6) is 0 Å². The van der Waals surface area contributed by atoms with E-state index in [0.29, 0.717) is 11.5 Å². The number of aromatic nitrogens is 4. The lowest BCUT2D eigenvalue weighted by atomic mass is 10.2. The van der Waals surface area contributed by atoms with Crippen LogP contribution in [0.25, 0.3) is 10.9 Å². The Kier molecular flexibility index (Phi) is 4.35. The first-order valence-electron chi connectivity index (χ1n) is 8.98. The number of benzene rings is 2. The summed E-state index contributed by atoms with van der Waals surface area (Å²) in [5, 5.41) is 25.7. The Balaban J connectivity index is 1.49. The second-order valence-corrected chi connectivity index (χ2v) is 7.39. The zero-order valence-corrected chi connectivity index (χ0v) is 16.0. The average molecular weight is 397 g/mol.